The van der Waals surface area contributed by atoms with E-state index in [4.69, 9.17) is 15.0 Å². The Kier molecular flexibility index (Phi) is 4.48. The lowest BCUT2D eigenvalue weighted by molar-refractivity contribution is 0.352. The van der Waals surface area contributed by atoms with Crippen LogP contribution < -0.4 is 10.5 Å². The van der Waals surface area contributed by atoms with Gasteiger partial charge in [0.25, 0.3) is 0 Å². The summed E-state index contributed by atoms with van der Waals surface area (Å²) < 4.78 is 32.1. The van der Waals surface area contributed by atoms with Crippen molar-refractivity contribution in [3.05, 3.63) is 18.0 Å². The van der Waals surface area contributed by atoms with Crippen molar-refractivity contribution in [2.75, 3.05) is 19.1 Å². The highest BCUT2D eigenvalue weighted by Crippen LogP contribution is 2.18. The zero-order valence-corrected chi connectivity index (χ0v) is 12.4. The van der Waals surface area contributed by atoms with Crippen LogP contribution in [0.3, 0.4) is 0 Å². The Balaban J connectivity index is 2.09. The van der Waals surface area contributed by atoms with Gasteiger partial charge in [0.1, 0.15) is 15.5 Å². The van der Waals surface area contributed by atoms with Gasteiger partial charge < -0.3 is 15.0 Å². The minimum Gasteiger partial charge on any atom is -0.480 e. The quantitative estimate of drug-likeness (QED) is 0.779. The number of nitrogens with zero attached hydrogens (tertiary/aromatic N) is 4. The molecule has 114 valence electrons. The molecule has 21 heavy (non-hydrogen) atoms. The fourth-order valence-electron chi connectivity index (χ4n) is 1.50. The minimum absolute atomic E-state index is 0.0474. The second kappa shape index (κ2) is 6.14. The Hall–Kier alpha value is -2.07. The number of methoxy groups -OCH3 is 1. The van der Waals surface area contributed by atoms with Crippen LogP contribution in [0.5, 0.6) is 5.88 Å². The molecule has 2 heterocycles. The van der Waals surface area contributed by atoms with Crippen molar-refractivity contribution in [2.24, 2.45) is 5.73 Å². The lowest BCUT2D eigenvalue weighted by Crippen LogP contribution is -2.16. The van der Waals surface area contributed by atoms with Crippen LogP contribution in [0.25, 0.3) is 11.5 Å². The average molecular weight is 313 g/mol. The average Bonchev–Trinajstić information content (AvgIpc) is 2.94. The van der Waals surface area contributed by atoms with Crippen molar-refractivity contribution in [2.45, 2.75) is 12.5 Å². The lowest BCUT2D eigenvalue weighted by atomic mass is 10.2. The maximum absolute atomic E-state index is 11.1. The maximum Gasteiger partial charge on any atom is 0.243 e. The van der Waals surface area contributed by atoms with E-state index in [9.17, 15) is 8.42 Å². The highest BCUT2D eigenvalue weighted by Gasteiger charge is 2.18. The molecule has 1 atom stereocenters. The van der Waals surface area contributed by atoms with E-state index in [2.05, 4.69) is 20.3 Å². The molecule has 0 aliphatic rings. The standard InChI is InChI=1S/C11H15N5O4S/c1-19-9-4-3-8(14-15-9)10-13-11(20-16-10)7(12)5-6-21(2,17)18/h3-4,7H,5-6,12H2,1-2H3. The molecule has 0 spiro atoms. The molecule has 0 radical (unpaired) electrons. The molecule has 0 saturated carbocycles. The molecule has 0 bridgehead atoms. The Morgan fingerprint density at radius 2 is 2.14 bits per heavy atom. The fraction of sp³-hybridized carbons (Fsp3) is 0.455. The first-order valence-electron chi connectivity index (χ1n) is 6.04. The molecule has 2 N–H and O–H groups in total. The Bertz CT molecular complexity index is 698. The second-order valence-corrected chi connectivity index (χ2v) is 6.70. The molecule has 2 aromatic rings. The van der Waals surface area contributed by atoms with Crippen molar-refractivity contribution >= 4 is 9.84 Å². The molecular formula is C11H15N5O4S. The van der Waals surface area contributed by atoms with Crippen LogP contribution in [-0.2, 0) is 9.84 Å². The molecule has 0 aromatic carbocycles. The van der Waals surface area contributed by atoms with Gasteiger partial charge in [-0.2, -0.15) is 4.98 Å². The van der Waals surface area contributed by atoms with Crippen LogP contribution in [0.2, 0.25) is 0 Å². The Morgan fingerprint density at radius 1 is 1.38 bits per heavy atom. The summed E-state index contributed by atoms with van der Waals surface area (Å²) >= 11 is 0. The van der Waals surface area contributed by atoms with Crippen molar-refractivity contribution in [3.63, 3.8) is 0 Å². The first-order chi connectivity index (χ1) is 9.89. The first-order valence-corrected chi connectivity index (χ1v) is 8.10. The van der Waals surface area contributed by atoms with Crippen molar-refractivity contribution in [3.8, 4) is 17.4 Å². The summed E-state index contributed by atoms with van der Waals surface area (Å²) in [5, 5.41) is 11.4. The molecular weight excluding hydrogens is 298 g/mol. The molecule has 0 amide bonds. The summed E-state index contributed by atoms with van der Waals surface area (Å²) in [7, 11) is -1.60. The highest BCUT2D eigenvalue weighted by atomic mass is 32.2. The number of ether oxygens (including phenoxy) is 1. The normalized spacial score (nSPS) is 13.1. The van der Waals surface area contributed by atoms with Crippen molar-refractivity contribution < 1.29 is 17.7 Å². The van der Waals surface area contributed by atoms with E-state index < -0.39 is 15.9 Å². The van der Waals surface area contributed by atoms with E-state index in [1.165, 1.54) is 7.11 Å². The van der Waals surface area contributed by atoms with Gasteiger partial charge in [0.15, 0.2) is 0 Å². The SMILES string of the molecule is COc1ccc(-c2noc(C(N)CCS(C)(=O)=O)n2)nn1. The van der Waals surface area contributed by atoms with E-state index in [-0.39, 0.29) is 23.9 Å². The Labute approximate surface area is 121 Å². The molecule has 0 fully saturated rings. The van der Waals surface area contributed by atoms with Gasteiger partial charge in [-0.3, -0.25) is 0 Å². The largest absolute Gasteiger partial charge is 0.480 e. The summed E-state index contributed by atoms with van der Waals surface area (Å²) in [6.07, 6.45) is 1.35. The third-order valence-electron chi connectivity index (χ3n) is 2.64. The third kappa shape index (κ3) is 4.20. The number of hydrogen-bond donors (Lipinski definition) is 1. The minimum atomic E-state index is -3.09. The van der Waals surface area contributed by atoms with E-state index in [0.717, 1.165) is 6.26 Å². The van der Waals surface area contributed by atoms with Gasteiger partial charge in [-0.05, 0) is 12.5 Å². The van der Waals surface area contributed by atoms with Crippen LogP contribution in [0.1, 0.15) is 18.4 Å². The number of sulfone groups is 1. The van der Waals surface area contributed by atoms with Crippen LogP contribution in [0.15, 0.2) is 16.7 Å². The fourth-order valence-corrected chi connectivity index (χ4v) is 2.18. The van der Waals surface area contributed by atoms with Crippen LogP contribution in [0, 0.1) is 0 Å². The molecule has 2 rings (SSSR count). The molecule has 2 aromatic heterocycles. The molecule has 1 unspecified atom stereocenters. The first kappa shape index (κ1) is 15.3. The van der Waals surface area contributed by atoms with Crippen LogP contribution >= 0.6 is 0 Å². The number of hydrogen-bond acceptors (Lipinski definition) is 9. The zero-order chi connectivity index (χ0) is 15.5. The van der Waals surface area contributed by atoms with E-state index >= 15 is 0 Å². The van der Waals surface area contributed by atoms with Crippen molar-refractivity contribution in [1.29, 1.82) is 0 Å². The summed E-state index contributed by atoms with van der Waals surface area (Å²) in [4.78, 5) is 4.10. The summed E-state index contributed by atoms with van der Waals surface area (Å²) in [6, 6.07) is 2.59. The monoisotopic (exact) mass is 313 g/mol. The van der Waals surface area contributed by atoms with E-state index in [1.54, 1.807) is 12.1 Å². The molecule has 10 heteroatoms. The number of rotatable bonds is 6. The summed E-state index contributed by atoms with van der Waals surface area (Å²) in [5.41, 5.74) is 6.23. The highest BCUT2D eigenvalue weighted by molar-refractivity contribution is 7.90. The van der Waals surface area contributed by atoms with Gasteiger partial charge in [0.2, 0.25) is 17.6 Å². The van der Waals surface area contributed by atoms with Gasteiger partial charge in [0, 0.05) is 12.3 Å². The smallest absolute Gasteiger partial charge is 0.243 e. The van der Waals surface area contributed by atoms with Crippen molar-refractivity contribution in [1.82, 2.24) is 20.3 Å². The number of aromatic nitrogens is 4. The van der Waals surface area contributed by atoms with Gasteiger partial charge in [-0.15, -0.1) is 10.2 Å². The van der Waals surface area contributed by atoms with E-state index in [0.29, 0.717) is 11.6 Å². The summed E-state index contributed by atoms with van der Waals surface area (Å²) in [5.74, 6) is 0.711. The van der Waals surface area contributed by atoms with Gasteiger partial charge in [-0.25, -0.2) is 8.42 Å². The van der Waals surface area contributed by atoms with Gasteiger partial charge in [-0.1, -0.05) is 5.16 Å². The van der Waals surface area contributed by atoms with Gasteiger partial charge >= 0.3 is 0 Å². The molecule has 0 aliphatic carbocycles. The predicted octanol–water partition coefficient (Wildman–Crippen LogP) is -0.0303. The van der Waals surface area contributed by atoms with Gasteiger partial charge in [0.05, 0.1) is 18.9 Å². The molecule has 0 aliphatic heterocycles. The van der Waals surface area contributed by atoms with Crippen LogP contribution in [0.4, 0.5) is 0 Å². The lowest BCUT2D eigenvalue weighted by Gasteiger charge is -2.04. The maximum atomic E-state index is 11.1. The predicted molar refractivity (Wildman–Crippen MR) is 73.1 cm³/mol. The second-order valence-electron chi connectivity index (χ2n) is 4.44. The topological polar surface area (TPSA) is 134 Å². The molecule has 0 saturated heterocycles. The Morgan fingerprint density at radius 3 is 2.71 bits per heavy atom. The molecule has 9 nitrogen and oxygen atoms in total. The third-order valence-corrected chi connectivity index (χ3v) is 3.61. The zero-order valence-electron chi connectivity index (χ0n) is 11.6. The van der Waals surface area contributed by atoms with Crippen LogP contribution in [-0.4, -0.2) is 47.9 Å². The van der Waals surface area contributed by atoms with E-state index in [1.807, 2.05) is 0 Å². The summed E-state index contributed by atoms with van der Waals surface area (Å²) in [6.45, 7) is 0. The number of nitrogens with two attached hydrogens (primary N) is 1.